The van der Waals surface area contributed by atoms with Crippen LogP contribution in [-0.4, -0.2) is 24.5 Å². The molecule has 2 atom stereocenters. The highest BCUT2D eigenvalue weighted by Crippen LogP contribution is 2.23. The fourth-order valence-electron chi connectivity index (χ4n) is 3.35. The van der Waals surface area contributed by atoms with E-state index in [0.717, 1.165) is 12.5 Å². The number of nitrogens with two attached hydrogens (primary N) is 1. The van der Waals surface area contributed by atoms with Crippen molar-refractivity contribution in [1.82, 2.24) is 4.90 Å². The smallest absolute Gasteiger partial charge is 0.0427 e. The van der Waals surface area contributed by atoms with Gasteiger partial charge in [-0.25, -0.2) is 0 Å². The highest BCUT2D eigenvalue weighted by molar-refractivity contribution is 5.33. The van der Waals surface area contributed by atoms with Crippen LogP contribution in [0.25, 0.3) is 0 Å². The van der Waals surface area contributed by atoms with Gasteiger partial charge in [0.05, 0.1) is 0 Å². The van der Waals surface area contributed by atoms with E-state index in [-0.39, 0.29) is 6.04 Å². The lowest BCUT2D eigenvalue weighted by atomic mass is 9.98. The molecule has 0 aliphatic carbocycles. The monoisotopic (exact) mass is 274 g/mol. The Kier molecular flexibility index (Phi) is 5.62. The van der Waals surface area contributed by atoms with Gasteiger partial charge in [0.1, 0.15) is 0 Å². The van der Waals surface area contributed by atoms with E-state index in [9.17, 15) is 0 Å². The van der Waals surface area contributed by atoms with Crippen molar-refractivity contribution in [2.75, 3.05) is 19.6 Å². The molecule has 2 N–H and O–H groups in total. The second-order valence-electron chi connectivity index (χ2n) is 6.47. The van der Waals surface area contributed by atoms with Gasteiger partial charge < -0.3 is 10.6 Å². The van der Waals surface area contributed by atoms with E-state index in [1.807, 2.05) is 0 Å². The lowest BCUT2D eigenvalue weighted by Gasteiger charge is -2.25. The summed E-state index contributed by atoms with van der Waals surface area (Å²) >= 11 is 0. The van der Waals surface area contributed by atoms with Gasteiger partial charge in [0.2, 0.25) is 0 Å². The van der Waals surface area contributed by atoms with Crippen LogP contribution < -0.4 is 5.73 Å². The van der Waals surface area contributed by atoms with Crippen molar-refractivity contribution >= 4 is 0 Å². The molecule has 0 spiro atoms. The Morgan fingerprint density at radius 1 is 1.25 bits per heavy atom. The molecule has 1 fully saturated rings. The Hall–Kier alpha value is -0.860. The van der Waals surface area contributed by atoms with E-state index in [1.54, 1.807) is 0 Å². The van der Waals surface area contributed by atoms with E-state index >= 15 is 0 Å². The van der Waals surface area contributed by atoms with Crippen LogP contribution in [-0.2, 0) is 0 Å². The molecule has 1 aliphatic rings. The number of rotatable bonds is 4. The summed E-state index contributed by atoms with van der Waals surface area (Å²) in [6, 6.07) is 6.77. The molecule has 0 radical (unpaired) electrons. The van der Waals surface area contributed by atoms with Gasteiger partial charge in [-0.3, -0.25) is 0 Å². The fourth-order valence-corrected chi connectivity index (χ4v) is 3.35. The van der Waals surface area contributed by atoms with Crippen molar-refractivity contribution < 1.29 is 0 Å². The van der Waals surface area contributed by atoms with Crippen molar-refractivity contribution in [3.05, 3.63) is 34.9 Å². The fraction of sp³-hybridized carbons (Fsp3) is 0.667. The summed E-state index contributed by atoms with van der Waals surface area (Å²) in [6.45, 7) is 10.1. The zero-order valence-corrected chi connectivity index (χ0v) is 13.4. The molecule has 2 heteroatoms. The van der Waals surface area contributed by atoms with Crippen LogP contribution in [0.15, 0.2) is 18.2 Å². The minimum atomic E-state index is 0.146. The topological polar surface area (TPSA) is 29.3 Å². The first-order valence-electron chi connectivity index (χ1n) is 8.15. The molecule has 1 aliphatic heterocycles. The van der Waals surface area contributed by atoms with Crippen LogP contribution >= 0.6 is 0 Å². The molecule has 0 saturated carbocycles. The highest BCUT2D eigenvalue weighted by Gasteiger charge is 2.18. The van der Waals surface area contributed by atoms with Crippen molar-refractivity contribution in [1.29, 1.82) is 0 Å². The zero-order valence-electron chi connectivity index (χ0n) is 13.4. The second-order valence-corrected chi connectivity index (χ2v) is 6.47. The van der Waals surface area contributed by atoms with Gasteiger partial charge in [0.15, 0.2) is 0 Å². The van der Waals surface area contributed by atoms with Gasteiger partial charge in [-0.15, -0.1) is 0 Å². The Balaban J connectivity index is 1.97. The van der Waals surface area contributed by atoms with Gasteiger partial charge >= 0.3 is 0 Å². The summed E-state index contributed by atoms with van der Waals surface area (Å²) < 4.78 is 0. The van der Waals surface area contributed by atoms with Gasteiger partial charge in [0.25, 0.3) is 0 Å². The lowest BCUT2D eigenvalue weighted by molar-refractivity contribution is 0.263. The summed E-state index contributed by atoms with van der Waals surface area (Å²) in [7, 11) is 0. The Morgan fingerprint density at radius 2 is 2.05 bits per heavy atom. The van der Waals surface area contributed by atoms with E-state index in [4.69, 9.17) is 5.73 Å². The second kappa shape index (κ2) is 7.24. The normalized spacial score (nSPS) is 22.5. The van der Waals surface area contributed by atoms with Crippen molar-refractivity contribution in [2.45, 2.75) is 52.5 Å². The molecule has 1 aromatic carbocycles. The van der Waals surface area contributed by atoms with Gasteiger partial charge in [0, 0.05) is 12.6 Å². The number of likely N-dealkylation sites (tertiary alicyclic amines) is 1. The Bertz CT molecular complexity index is 427. The van der Waals surface area contributed by atoms with Crippen molar-refractivity contribution in [3.8, 4) is 0 Å². The molecule has 1 saturated heterocycles. The minimum absolute atomic E-state index is 0.146. The molecule has 0 amide bonds. The molecule has 20 heavy (non-hydrogen) atoms. The van der Waals surface area contributed by atoms with E-state index in [2.05, 4.69) is 43.9 Å². The maximum atomic E-state index is 6.47. The first-order chi connectivity index (χ1) is 9.60. The number of nitrogens with zero attached hydrogens (tertiary/aromatic N) is 1. The minimum Gasteiger partial charge on any atom is -0.323 e. The third-order valence-corrected chi connectivity index (χ3v) is 4.81. The van der Waals surface area contributed by atoms with Gasteiger partial charge in [-0.2, -0.15) is 0 Å². The summed E-state index contributed by atoms with van der Waals surface area (Å²) in [5.41, 5.74) is 10.4. The maximum absolute atomic E-state index is 6.47. The van der Waals surface area contributed by atoms with Crippen LogP contribution in [0.1, 0.15) is 55.3 Å². The molecule has 112 valence electrons. The predicted molar refractivity (Wildman–Crippen MR) is 86.9 cm³/mol. The summed E-state index contributed by atoms with van der Waals surface area (Å²) in [5, 5.41) is 0. The number of benzene rings is 1. The third kappa shape index (κ3) is 4.07. The SMILES string of the molecule is CCC1CCCN(CC(N)c2cc(C)ccc2C)CC1. The third-order valence-electron chi connectivity index (χ3n) is 4.81. The zero-order chi connectivity index (χ0) is 14.5. The molecule has 2 nitrogen and oxygen atoms in total. The van der Waals surface area contributed by atoms with Crippen LogP contribution in [0.2, 0.25) is 0 Å². The molecule has 1 aromatic rings. The summed E-state index contributed by atoms with van der Waals surface area (Å²) in [5.74, 6) is 0.928. The Morgan fingerprint density at radius 3 is 2.80 bits per heavy atom. The molecular weight excluding hydrogens is 244 g/mol. The standard InChI is InChI=1S/C18H30N2/c1-4-16-6-5-10-20(11-9-16)13-18(19)17-12-14(2)7-8-15(17)3/h7-8,12,16,18H,4-6,9-11,13,19H2,1-3H3. The first kappa shape index (κ1) is 15.5. The van der Waals surface area contributed by atoms with Crippen LogP contribution in [0.3, 0.4) is 0 Å². The average molecular weight is 274 g/mol. The van der Waals surface area contributed by atoms with Gasteiger partial charge in [-0.1, -0.05) is 37.1 Å². The molecule has 0 bridgehead atoms. The highest BCUT2D eigenvalue weighted by atomic mass is 15.1. The Labute approximate surface area is 124 Å². The van der Waals surface area contributed by atoms with Crippen LogP contribution in [0, 0.1) is 19.8 Å². The molecule has 2 unspecified atom stereocenters. The molecular formula is C18H30N2. The van der Waals surface area contributed by atoms with Crippen LogP contribution in [0.5, 0.6) is 0 Å². The largest absolute Gasteiger partial charge is 0.323 e. The maximum Gasteiger partial charge on any atom is 0.0427 e. The summed E-state index contributed by atoms with van der Waals surface area (Å²) in [4.78, 5) is 2.57. The number of hydrogen-bond donors (Lipinski definition) is 1. The number of hydrogen-bond acceptors (Lipinski definition) is 2. The average Bonchev–Trinajstić information content (AvgIpc) is 2.66. The number of aryl methyl sites for hydroxylation is 2. The molecule has 0 aromatic heterocycles. The molecule has 1 heterocycles. The van der Waals surface area contributed by atoms with Gasteiger partial charge in [-0.05, 0) is 63.2 Å². The molecule has 2 rings (SSSR count). The quantitative estimate of drug-likeness (QED) is 0.904. The first-order valence-corrected chi connectivity index (χ1v) is 8.15. The predicted octanol–water partition coefficient (Wildman–Crippen LogP) is 3.82. The van der Waals surface area contributed by atoms with Crippen LogP contribution in [0.4, 0.5) is 0 Å². The van der Waals surface area contributed by atoms with E-state index < -0.39 is 0 Å². The van der Waals surface area contributed by atoms with Crippen molar-refractivity contribution in [3.63, 3.8) is 0 Å². The van der Waals surface area contributed by atoms with E-state index in [1.165, 1.54) is 55.5 Å². The van der Waals surface area contributed by atoms with Crippen molar-refractivity contribution in [2.24, 2.45) is 11.7 Å². The summed E-state index contributed by atoms with van der Waals surface area (Å²) in [6.07, 6.45) is 5.40. The van der Waals surface area contributed by atoms with E-state index in [0.29, 0.717) is 0 Å². The lowest BCUT2D eigenvalue weighted by Crippen LogP contribution is -2.33.